The number of hydrogen-bond acceptors (Lipinski definition) is 5. The topological polar surface area (TPSA) is 76.0 Å². The quantitative estimate of drug-likeness (QED) is 0.693. The molecule has 1 aliphatic heterocycles. The SMILES string of the molecule is COC(=O)[C@H]1CCCC(O)C1.OC1CCCCO1. The molecule has 0 aromatic rings. The van der Waals surface area contributed by atoms with Crippen molar-refractivity contribution in [1.82, 2.24) is 0 Å². The highest BCUT2D eigenvalue weighted by Gasteiger charge is 2.26. The molecule has 1 saturated heterocycles. The van der Waals surface area contributed by atoms with Crippen molar-refractivity contribution in [2.24, 2.45) is 5.92 Å². The molecule has 2 N–H and O–H groups in total. The summed E-state index contributed by atoms with van der Waals surface area (Å²) in [4.78, 5) is 11.0. The zero-order valence-corrected chi connectivity index (χ0v) is 11.0. The minimum absolute atomic E-state index is 0.0660. The van der Waals surface area contributed by atoms with Crippen molar-refractivity contribution in [3.8, 4) is 0 Å². The molecule has 106 valence electrons. The Hall–Kier alpha value is -0.650. The van der Waals surface area contributed by atoms with Crippen molar-refractivity contribution in [1.29, 1.82) is 0 Å². The highest BCUT2D eigenvalue weighted by Crippen LogP contribution is 2.24. The molecule has 2 unspecified atom stereocenters. The van der Waals surface area contributed by atoms with E-state index in [9.17, 15) is 9.90 Å². The summed E-state index contributed by atoms with van der Waals surface area (Å²) in [5.41, 5.74) is 0. The number of aliphatic hydroxyl groups is 2. The number of carbonyl (C=O) groups excluding carboxylic acids is 1. The Balaban J connectivity index is 0.000000199. The number of ether oxygens (including phenoxy) is 2. The monoisotopic (exact) mass is 260 g/mol. The van der Waals surface area contributed by atoms with E-state index in [4.69, 9.17) is 9.84 Å². The highest BCUT2D eigenvalue weighted by molar-refractivity contribution is 5.72. The van der Waals surface area contributed by atoms with Crippen LogP contribution in [0.5, 0.6) is 0 Å². The molecule has 1 aliphatic carbocycles. The molecule has 0 bridgehead atoms. The van der Waals surface area contributed by atoms with Gasteiger partial charge in [0.1, 0.15) is 0 Å². The van der Waals surface area contributed by atoms with Gasteiger partial charge in [-0.25, -0.2) is 0 Å². The van der Waals surface area contributed by atoms with Gasteiger partial charge >= 0.3 is 5.97 Å². The standard InChI is InChI=1S/C8H14O3.C5H10O2/c1-11-8(10)6-3-2-4-7(9)5-6;6-5-3-1-2-4-7-5/h6-7,9H,2-5H2,1H3;5-6H,1-4H2/t6-,7?;/m0./s1. The van der Waals surface area contributed by atoms with Crippen molar-refractivity contribution in [2.45, 2.75) is 57.3 Å². The third-order valence-electron chi connectivity index (χ3n) is 3.34. The fourth-order valence-electron chi connectivity index (χ4n) is 2.27. The summed E-state index contributed by atoms with van der Waals surface area (Å²) in [6, 6.07) is 0. The first kappa shape index (κ1) is 15.4. The van der Waals surface area contributed by atoms with Crippen LogP contribution in [-0.2, 0) is 14.3 Å². The Morgan fingerprint density at radius 2 is 1.94 bits per heavy atom. The van der Waals surface area contributed by atoms with Gasteiger partial charge in [-0.3, -0.25) is 4.79 Å². The molecule has 2 rings (SSSR count). The van der Waals surface area contributed by atoms with E-state index in [0.717, 1.165) is 45.1 Å². The van der Waals surface area contributed by atoms with Crippen LogP contribution in [0.3, 0.4) is 0 Å². The van der Waals surface area contributed by atoms with Crippen LogP contribution >= 0.6 is 0 Å². The van der Waals surface area contributed by atoms with Gasteiger partial charge in [0.25, 0.3) is 0 Å². The first-order valence-electron chi connectivity index (χ1n) is 6.69. The van der Waals surface area contributed by atoms with Gasteiger partial charge in [0.05, 0.1) is 19.1 Å². The average Bonchev–Trinajstić information content (AvgIpc) is 2.39. The fourth-order valence-corrected chi connectivity index (χ4v) is 2.27. The molecule has 1 heterocycles. The number of hydrogen-bond donors (Lipinski definition) is 2. The zero-order chi connectivity index (χ0) is 13.4. The third kappa shape index (κ3) is 5.80. The summed E-state index contributed by atoms with van der Waals surface area (Å²) in [7, 11) is 1.39. The van der Waals surface area contributed by atoms with E-state index in [1.165, 1.54) is 7.11 Å². The Morgan fingerprint density at radius 1 is 1.17 bits per heavy atom. The summed E-state index contributed by atoms with van der Waals surface area (Å²) < 4.78 is 9.42. The molecule has 0 amide bonds. The van der Waals surface area contributed by atoms with Gasteiger partial charge in [-0.15, -0.1) is 0 Å². The highest BCUT2D eigenvalue weighted by atomic mass is 16.6. The van der Waals surface area contributed by atoms with Gasteiger partial charge in [0.2, 0.25) is 0 Å². The van der Waals surface area contributed by atoms with Gasteiger partial charge < -0.3 is 19.7 Å². The minimum atomic E-state index is -0.464. The lowest BCUT2D eigenvalue weighted by atomic mass is 9.87. The predicted octanol–water partition coefficient (Wildman–Crippen LogP) is 1.22. The number of esters is 1. The fraction of sp³-hybridized carbons (Fsp3) is 0.923. The molecule has 0 radical (unpaired) electrons. The summed E-state index contributed by atoms with van der Waals surface area (Å²) in [6.07, 6.45) is 5.48. The van der Waals surface area contributed by atoms with E-state index >= 15 is 0 Å². The van der Waals surface area contributed by atoms with Crippen molar-refractivity contribution >= 4 is 5.97 Å². The Morgan fingerprint density at radius 3 is 2.39 bits per heavy atom. The van der Waals surface area contributed by atoms with Crippen LogP contribution in [-0.4, -0.2) is 42.3 Å². The second-order valence-electron chi connectivity index (χ2n) is 4.86. The van der Waals surface area contributed by atoms with E-state index in [1.807, 2.05) is 0 Å². The smallest absolute Gasteiger partial charge is 0.308 e. The van der Waals surface area contributed by atoms with Gasteiger partial charge in [0.15, 0.2) is 6.29 Å². The van der Waals surface area contributed by atoms with Crippen LogP contribution in [0.4, 0.5) is 0 Å². The van der Waals surface area contributed by atoms with Crippen LogP contribution in [0, 0.1) is 5.92 Å². The van der Waals surface area contributed by atoms with Crippen LogP contribution in [0.15, 0.2) is 0 Å². The molecule has 3 atom stereocenters. The normalized spacial score (nSPS) is 32.1. The largest absolute Gasteiger partial charge is 0.469 e. The lowest BCUT2D eigenvalue weighted by Gasteiger charge is -2.23. The molecule has 2 fully saturated rings. The Bertz CT molecular complexity index is 238. The second-order valence-corrected chi connectivity index (χ2v) is 4.86. The van der Waals surface area contributed by atoms with Crippen LogP contribution < -0.4 is 0 Å². The predicted molar refractivity (Wildman–Crippen MR) is 65.8 cm³/mol. The number of rotatable bonds is 1. The molecular weight excluding hydrogens is 236 g/mol. The summed E-state index contributed by atoms with van der Waals surface area (Å²) >= 11 is 0. The average molecular weight is 260 g/mol. The van der Waals surface area contributed by atoms with Crippen LogP contribution in [0.2, 0.25) is 0 Å². The van der Waals surface area contributed by atoms with Crippen LogP contribution in [0.25, 0.3) is 0 Å². The van der Waals surface area contributed by atoms with Crippen molar-refractivity contribution in [2.75, 3.05) is 13.7 Å². The van der Waals surface area contributed by atoms with Gasteiger partial charge in [-0.05, 0) is 38.5 Å². The summed E-state index contributed by atoms with van der Waals surface area (Å²) in [5.74, 6) is -0.243. The van der Waals surface area contributed by atoms with Crippen molar-refractivity contribution in [3.05, 3.63) is 0 Å². The van der Waals surface area contributed by atoms with Gasteiger partial charge in [0, 0.05) is 6.61 Å². The van der Waals surface area contributed by atoms with E-state index in [0.29, 0.717) is 6.42 Å². The maximum absolute atomic E-state index is 11.0. The lowest BCUT2D eigenvalue weighted by Crippen LogP contribution is -2.26. The number of carbonyl (C=O) groups is 1. The van der Waals surface area contributed by atoms with Crippen molar-refractivity contribution < 1.29 is 24.5 Å². The lowest BCUT2D eigenvalue weighted by molar-refractivity contribution is -0.147. The number of methoxy groups -OCH3 is 1. The first-order valence-corrected chi connectivity index (χ1v) is 6.69. The van der Waals surface area contributed by atoms with E-state index in [1.54, 1.807) is 0 Å². The summed E-state index contributed by atoms with van der Waals surface area (Å²) in [5, 5.41) is 17.9. The zero-order valence-electron chi connectivity index (χ0n) is 11.0. The molecule has 0 aromatic heterocycles. The van der Waals surface area contributed by atoms with Crippen LogP contribution in [0.1, 0.15) is 44.9 Å². The maximum atomic E-state index is 11.0. The second kappa shape index (κ2) is 8.45. The Labute approximate surface area is 108 Å². The molecule has 18 heavy (non-hydrogen) atoms. The molecule has 0 spiro atoms. The molecular formula is C13H24O5. The van der Waals surface area contributed by atoms with Gasteiger partial charge in [-0.1, -0.05) is 6.42 Å². The third-order valence-corrected chi connectivity index (χ3v) is 3.34. The van der Waals surface area contributed by atoms with E-state index in [2.05, 4.69) is 4.74 Å². The van der Waals surface area contributed by atoms with E-state index in [-0.39, 0.29) is 18.0 Å². The summed E-state index contributed by atoms with van der Waals surface area (Å²) in [6.45, 7) is 0.737. The molecule has 0 aromatic carbocycles. The number of aliphatic hydroxyl groups excluding tert-OH is 2. The molecule has 2 aliphatic rings. The Kier molecular flexibility index (Phi) is 7.23. The molecule has 1 saturated carbocycles. The molecule has 5 heteroatoms. The first-order chi connectivity index (χ1) is 8.63. The van der Waals surface area contributed by atoms with E-state index < -0.39 is 6.29 Å². The van der Waals surface area contributed by atoms with Gasteiger partial charge in [-0.2, -0.15) is 0 Å². The van der Waals surface area contributed by atoms with Crippen molar-refractivity contribution in [3.63, 3.8) is 0 Å². The minimum Gasteiger partial charge on any atom is -0.469 e. The maximum Gasteiger partial charge on any atom is 0.308 e. The molecule has 5 nitrogen and oxygen atoms in total.